The molecule has 1 atom stereocenters. The molecule has 2 aromatic carbocycles. The zero-order chi connectivity index (χ0) is 25.5. The van der Waals surface area contributed by atoms with Gasteiger partial charge >= 0.3 is 0 Å². The Morgan fingerprint density at radius 1 is 1.03 bits per heavy atom. The van der Waals surface area contributed by atoms with E-state index in [9.17, 15) is 9.59 Å². The Kier molecular flexibility index (Phi) is 8.74. The highest BCUT2D eigenvalue weighted by Crippen LogP contribution is 2.45. The summed E-state index contributed by atoms with van der Waals surface area (Å²) in [7, 11) is 6.11. The number of amides is 2. The average molecular weight is 520 g/mol. The maximum absolute atomic E-state index is 12.6. The predicted octanol–water partition coefficient (Wildman–Crippen LogP) is 4.22. The number of hydrogen-bond acceptors (Lipinski definition) is 8. The van der Waals surface area contributed by atoms with Gasteiger partial charge in [-0.25, -0.2) is 0 Å². The van der Waals surface area contributed by atoms with E-state index >= 15 is 0 Å². The molecule has 0 saturated heterocycles. The Labute approximate surface area is 211 Å². The third-order valence-electron chi connectivity index (χ3n) is 5.08. The largest absolute Gasteiger partial charge is 0.564 e. The zero-order valence-corrected chi connectivity index (χ0v) is 21.0. The average Bonchev–Trinajstić information content (AvgIpc) is 3.36. The van der Waals surface area contributed by atoms with E-state index in [1.807, 2.05) is 18.2 Å². The van der Waals surface area contributed by atoms with Crippen molar-refractivity contribution in [3.05, 3.63) is 41.4 Å². The molecule has 0 aliphatic heterocycles. The van der Waals surface area contributed by atoms with Crippen LogP contribution in [-0.4, -0.2) is 50.7 Å². The summed E-state index contributed by atoms with van der Waals surface area (Å²) in [5.41, 5.74) is 7.92. The molecule has 3 aromatic rings. The first-order valence-electron chi connectivity index (χ1n) is 10.2. The third kappa shape index (κ3) is 5.76. The van der Waals surface area contributed by atoms with E-state index in [1.54, 1.807) is 32.5 Å². The van der Waals surface area contributed by atoms with Gasteiger partial charge in [-0.05, 0) is 47.4 Å². The Morgan fingerprint density at radius 3 is 2.23 bits per heavy atom. The van der Waals surface area contributed by atoms with Crippen LogP contribution >= 0.6 is 23.3 Å². The number of nitrogens with zero attached hydrogens (tertiary/aromatic N) is 2. The van der Waals surface area contributed by atoms with Crippen LogP contribution in [0.5, 0.6) is 23.0 Å². The summed E-state index contributed by atoms with van der Waals surface area (Å²) in [5.74, 6) is 0.613. The maximum atomic E-state index is 12.6. The molecule has 0 unspecified atom stereocenters. The fraction of sp³-hybridized carbons (Fsp3) is 0.261. The summed E-state index contributed by atoms with van der Waals surface area (Å²) in [6.07, 6.45) is 1.40. The smallest absolute Gasteiger partial charge is 0.216 e. The molecule has 0 saturated carbocycles. The van der Waals surface area contributed by atoms with E-state index in [2.05, 4.69) is 14.5 Å². The van der Waals surface area contributed by atoms with Gasteiger partial charge in [-0.1, -0.05) is 6.07 Å². The zero-order valence-electron chi connectivity index (χ0n) is 19.5. The number of nitrogens with two attached hydrogens (primary N) is 1. The lowest BCUT2D eigenvalue weighted by molar-refractivity contribution is -0.122. The lowest BCUT2D eigenvalue weighted by Crippen LogP contribution is -2.30. The van der Waals surface area contributed by atoms with Gasteiger partial charge in [0.1, 0.15) is 5.75 Å². The lowest BCUT2D eigenvalue weighted by Gasteiger charge is -2.24. The molecule has 10 nitrogen and oxygen atoms in total. The summed E-state index contributed by atoms with van der Waals surface area (Å²) in [6, 6.07) is 7.81. The third-order valence-corrected chi connectivity index (χ3v) is 6.17. The Balaban J connectivity index is 2.03. The van der Waals surface area contributed by atoms with Crippen LogP contribution in [0.1, 0.15) is 6.42 Å². The van der Waals surface area contributed by atoms with Gasteiger partial charge in [-0.3, -0.25) is 21.4 Å². The predicted molar refractivity (Wildman–Crippen MR) is 135 cm³/mol. The molecule has 0 aliphatic carbocycles. The van der Waals surface area contributed by atoms with Gasteiger partial charge < -0.3 is 34.8 Å². The van der Waals surface area contributed by atoms with Crippen LogP contribution in [-0.2, 0) is 9.59 Å². The second-order valence-corrected chi connectivity index (χ2v) is 8.17. The SMILES string of the molecule is COc1ccc(-c2cnsc2-c2cc(OC)c(OC)c(OC)c2)cc1NC(=O)[C@@H](CC(N)=O)[N-]Cl. The highest BCUT2D eigenvalue weighted by molar-refractivity contribution is 7.10. The molecule has 0 radical (unpaired) electrons. The number of anilines is 1. The second kappa shape index (κ2) is 11.7. The number of hydrogen-bond donors (Lipinski definition) is 2. The minimum absolute atomic E-state index is 0.322. The van der Waals surface area contributed by atoms with Crippen LogP contribution in [0.2, 0.25) is 0 Å². The molecule has 12 heteroatoms. The fourth-order valence-electron chi connectivity index (χ4n) is 3.42. The summed E-state index contributed by atoms with van der Waals surface area (Å²) in [5, 5.41) is 2.71. The molecular formula is C23H24ClN4O6S-. The molecule has 3 N–H and O–H groups in total. The van der Waals surface area contributed by atoms with Gasteiger partial charge in [0.2, 0.25) is 17.6 Å². The molecule has 1 heterocycles. The molecule has 35 heavy (non-hydrogen) atoms. The molecule has 186 valence electrons. The summed E-state index contributed by atoms with van der Waals surface area (Å²) in [4.78, 5) is 28.1. The van der Waals surface area contributed by atoms with Crippen molar-refractivity contribution >= 4 is 40.8 Å². The van der Waals surface area contributed by atoms with Crippen molar-refractivity contribution < 1.29 is 28.5 Å². The molecular weight excluding hydrogens is 496 g/mol. The number of carbonyl (C=O) groups is 2. The van der Waals surface area contributed by atoms with Gasteiger partial charge in [0.25, 0.3) is 0 Å². The Morgan fingerprint density at radius 2 is 1.69 bits per heavy atom. The van der Waals surface area contributed by atoms with Gasteiger partial charge in [0, 0.05) is 23.7 Å². The highest BCUT2D eigenvalue weighted by Gasteiger charge is 2.20. The molecule has 1 aromatic heterocycles. The number of methoxy groups -OCH3 is 4. The first-order valence-corrected chi connectivity index (χ1v) is 11.3. The minimum Gasteiger partial charge on any atom is -0.564 e. The second-order valence-electron chi connectivity index (χ2n) is 7.17. The standard InChI is InChI=1S/C23H24ClN4O6S/c1-31-17-6-5-12(7-15(17)27-23(30)16(28-24)10-20(25)29)14-11-26-35-22(14)13-8-18(32-2)21(34-4)19(9-13)33-3/h5-9,11,16H,10H2,1-4H3,(H2,25,29)(H,27,30)/q-1/t16-/m1/s1. The molecule has 0 bridgehead atoms. The van der Waals surface area contributed by atoms with E-state index < -0.39 is 17.9 Å². The van der Waals surface area contributed by atoms with Crippen LogP contribution in [0.15, 0.2) is 36.5 Å². The van der Waals surface area contributed by atoms with Crippen molar-refractivity contribution in [1.29, 1.82) is 0 Å². The van der Waals surface area contributed by atoms with Gasteiger partial charge in [-0.15, -0.1) is 0 Å². The number of ether oxygens (including phenoxy) is 4. The van der Waals surface area contributed by atoms with E-state index in [-0.39, 0.29) is 6.42 Å². The number of primary amides is 1. The number of benzene rings is 2. The van der Waals surface area contributed by atoms with Crippen LogP contribution in [0, 0.1) is 0 Å². The van der Waals surface area contributed by atoms with Crippen molar-refractivity contribution in [1.82, 2.24) is 4.37 Å². The van der Waals surface area contributed by atoms with Crippen molar-refractivity contribution in [2.75, 3.05) is 33.8 Å². The first kappa shape index (κ1) is 26.1. The van der Waals surface area contributed by atoms with E-state index in [4.69, 9.17) is 36.5 Å². The molecule has 2 amide bonds. The van der Waals surface area contributed by atoms with Crippen LogP contribution < -0.4 is 30.0 Å². The number of aromatic nitrogens is 1. The topological polar surface area (TPSA) is 136 Å². The van der Waals surface area contributed by atoms with Gasteiger partial charge in [-0.2, -0.15) is 4.37 Å². The number of carbonyl (C=O) groups excluding carboxylic acids is 2. The van der Waals surface area contributed by atoms with E-state index in [0.29, 0.717) is 28.7 Å². The van der Waals surface area contributed by atoms with Crippen LogP contribution in [0.3, 0.4) is 0 Å². The normalized spacial score (nSPS) is 11.5. The Bertz CT molecular complexity index is 1190. The van der Waals surface area contributed by atoms with Crippen molar-refractivity contribution in [2.45, 2.75) is 12.5 Å². The quantitative estimate of drug-likeness (QED) is 0.387. The minimum atomic E-state index is -1.14. The van der Waals surface area contributed by atoms with Gasteiger partial charge in [0.15, 0.2) is 11.5 Å². The van der Waals surface area contributed by atoms with Crippen molar-refractivity contribution in [3.63, 3.8) is 0 Å². The van der Waals surface area contributed by atoms with E-state index in [1.165, 1.54) is 25.8 Å². The first-order chi connectivity index (χ1) is 16.9. The number of halogens is 1. The summed E-state index contributed by atoms with van der Waals surface area (Å²) < 4.78 is 26.1. The van der Waals surface area contributed by atoms with Gasteiger partial charge in [0.05, 0.1) is 39.0 Å². The number of nitrogens with one attached hydrogen (secondary N) is 1. The van der Waals surface area contributed by atoms with Crippen LogP contribution in [0.4, 0.5) is 5.69 Å². The number of rotatable bonds is 11. The summed E-state index contributed by atoms with van der Waals surface area (Å²) >= 11 is 6.80. The summed E-state index contributed by atoms with van der Waals surface area (Å²) in [6.45, 7) is 0. The van der Waals surface area contributed by atoms with Crippen molar-refractivity contribution in [3.8, 4) is 44.6 Å². The molecule has 0 aliphatic rings. The van der Waals surface area contributed by atoms with Crippen LogP contribution in [0.25, 0.3) is 26.4 Å². The maximum Gasteiger partial charge on any atom is 0.216 e. The molecule has 0 fully saturated rings. The highest BCUT2D eigenvalue weighted by atomic mass is 35.5. The molecule has 3 rings (SSSR count). The van der Waals surface area contributed by atoms with E-state index in [0.717, 1.165) is 21.6 Å². The monoisotopic (exact) mass is 519 g/mol. The van der Waals surface area contributed by atoms with Crippen molar-refractivity contribution in [2.24, 2.45) is 5.73 Å². The Hall–Kier alpha value is -3.54. The lowest BCUT2D eigenvalue weighted by atomic mass is 10.0. The fourth-order valence-corrected chi connectivity index (χ4v) is 4.33. The molecule has 0 spiro atoms.